The van der Waals surface area contributed by atoms with Crippen molar-refractivity contribution in [1.29, 1.82) is 0 Å². The molecule has 5 heteroatoms. The summed E-state index contributed by atoms with van der Waals surface area (Å²) in [6.45, 7) is 5.53. The second-order valence-electron chi connectivity index (χ2n) is 6.35. The average molecular weight is 389 g/mol. The predicted molar refractivity (Wildman–Crippen MR) is 99.6 cm³/mol. The molecule has 1 heterocycles. The van der Waals surface area contributed by atoms with Crippen LogP contribution in [0.2, 0.25) is 0 Å². The van der Waals surface area contributed by atoms with Gasteiger partial charge in [0.2, 0.25) is 0 Å². The standard InChI is InChI=1S/C19H21BrN2O2/c1-19(2,14-5-4-6-17(13-14)24-3)22-12-11-21(18(22)23)16-9-7-15(20)8-10-16/h4-10,13H,11-12H2,1-3H3. The Morgan fingerprint density at radius 1 is 1.08 bits per heavy atom. The lowest BCUT2D eigenvalue weighted by molar-refractivity contribution is 0.162. The molecule has 3 rings (SSSR count). The molecule has 1 aliphatic heterocycles. The van der Waals surface area contributed by atoms with E-state index < -0.39 is 5.54 Å². The number of ether oxygens (including phenoxy) is 1. The van der Waals surface area contributed by atoms with E-state index in [1.54, 1.807) is 7.11 Å². The van der Waals surface area contributed by atoms with Gasteiger partial charge in [0.25, 0.3) is 0 Å². The maximum atomic E-state index is 13.0. The number of anilines is 1. The number of nitrogens with zero attached hydrogens (tertiary/aromatic N) is 2. The molecule has 2 amide bonds. The van der Waals surface area contributed by atoms with Crippen LogP contribution in [0.15, 0.2) is 53.0 Å². The Morgan fingerprint density at radius 2 is 1.79 bits per heavy atom. The number of methoxy groups -OCH3 is 1. The molecule has 24 heavy (non-hydrogen) atoms. The van der Waals surface area contributed by atoms with Crippen molar-refractivity contribution in [2.75, 3.05) is 25.1 Å². The Balaban J connectivity index is 1.86. The number of benzene rings is 2. The summed E-state index contributed by atoms with van der Waals surface area (Å²) in [5.41, 5.74) is 1.58. The number of hydrogen-bond donors (Lipinski definition) is 0. The molecule has 0 unspecified atom stereocenters. The largest absolute Gasteiger partial charge is 0.497 e. The van der Waals surface area contributed by atoms with E-state index in [-0.39, 0.29) is 6.03 Å². The van der Waals surface area contributed by atoms with Crippen LogP contribution >= 0.6 is 15.9 Å². The molecule has 126 valence electrons. The van der Waals surface area contributed by atoms with Crippen molar-refractivity contribution in [3.63, 3.8) is 0 Å². The highest BCUT2D eigenvalue weighted by atomic mass is 79.9. The van der Waals surface area contributed by atoms with Crippen LogP contribution in [0.4, 0.5) is 10.5 Å². The van der Waals surface area contributed by atoms with Crippen molar-refractivity contribution in [2.24, 2.45) is 0 Å². The van der Waals surface area contributed by atoms with Crippen LogP contribution < -0.4 is 9.64 Å². The van der Waals surface area contributed by atoms with Gasteiger partial charge in [-0.25, -0.2) is 4.79 Å². The van der Waals surface area contributed by atoms with Crippen molar-refractivity contribution in [3.05, 3.63) is 58.6 Å². The van der Waals surface area contributed by atoms with Gasteiger partial charge in [-0.05, 0) is 55.8 Å². The van der Waals surface area contributed by atoms with E-state index in [0.717, 1.165) is 21.5 Å². The summed E-state index contributed by atoms with van der Waals surface area (Å²) in [4.78, 5) is 16.7. The number of amides is 2. The summed E-state index contributed by atoms with van der Waals surface area (Å²) < 4.78 is 6.33. The molecule has 0 spiro atoms. The van der Waals surface area contributed by atoms with Crippen LogP contribution in [-0.2, 0) is 5.54 Å². The maximum Gasteiger partial charge on any atom is 0.325 e. The summed E-state index contributed by atoms with van der Waals surface area (Å²) in [7, 11) is 1.66. The number of hydrogen-bond acceptors (Lipinski definition) is 2. The number of carbonyl (C=O) groups excluding carboxylic acids is 1. The second-order valence-corrected chi connectivity index (χ2v) is 7.27. The lowest BCUT2D eigenvalue weighted by Crippen LogP contribution is -2.44. The fraction of sp³-hybridized carbons (Fsp3) is 0.316. The topological polar surface area (TPSA) is 32.8 Å². The van der Waals surface area contributed by atoms with E-state index in [1.807, 2.05) is 58.3 Å². The van der Waals surface area contributed by atoms with E-state index in [9.17, 15) is 4.79 Å². The summed E-state index contributed by atoms with van der Waals surface area (Å²) in [5.74, 6) is 0.803. The van der Waals surface area contributed by atoms with Crippen LogP contribution in [0.1, 0.15) is 19.4 Å². The monoisotopic (exact) mass is 388 g/mol. The van der Waals surface area contributed by atoms with Gasteiger partial charge in [-0.2, -0.15) is 0 Å². The van der Waals surface area contributed by atoms with E-state index >= 15 is 0 Å². The third-order valence-corrected chi connectivity index (χ3v) is 5.13. The van der Waals surface area contributed by atoms with Crippen LogP contribution in [-0.4, -0.2) is 31.1 Å². The van der Waals surface area contributed by atoms with Gasteiger partial charge >= 0.3 is 6.03 Å². The van der Waals surface area contributed by atoms with Crippen LogP contribution in [0.25, 0.3) is 0 Å². The average Bonchev–Trinajstić information content (AvgIpc) is 2.98. The predicted octanol–water partition coefficient (Wildman–Crippen LogP) is 4.64. The quantitative estimate of drug-likeness (QED) is 0.764. The van der Waals surface area contributed by atoms with Gasteiger partial charge in [0.05, 0.1) is 12.6 Å². The number of halogens is 1. The third-order valence-electron chi connectivity index (χ3n) is 4.60. The summed E-state index contributed by atoms with van der Waals surface area (Å²) >= 11 is 3.43. The Hall–Kier alpha value is -2.01. The lowest BCUT2D eigenvalue weighted by atomic mass is 9.92. The Bertz CT molecular complexity index is 743. The molecule has 0 atom stereocenters. The van der Waals surface area contributed by atoms with E-state index in [0.29, 0.717) is 13.1 Å². The van der Waals surface area contributed by atoms with E-state index in [1.165, 1.54) is 0 Å². The maximum absolute atomic E-state index is 13.0. The number of rotatable bonds is 4. The highest BCUT2D eigenvalue weighted by Crippen LogP contribution is 2.34. The lowest BCUT2D eigenvalue weighted by Gasteiger charge is -2.36. The van der Waals surface area contributed by atoms with Crippen LogP contribution in [0.5, 0.6) is 5.75 Å². The molecule has 0 aromatic heterocycles. The first-order valence-corrected chi connectivity index (χ1v) is 8.72. The molecule has 1 aliphatic rings. The Morgan fingerprint density at radius 3 is 2.46 bits per heavy atom. The van der Waals surface area contributed by atoms with Gasteiger partial charge in [-0.15, -0.1) is 0 Å². The number of carbonyl (C=O) groups is 1. The van der Waals surface area contributed by atoms with E-state index in [2.05, 4.69) is 29.8 Å². The first-order chi connectivity index (χ1) is 11.4. The zero-order chi connectivity index (χ0) is 17.3. The molecule has 1 saturated heterocycles. The molecular weight excluding hydrogens is 368 g/mol. The minimum atomic E-state index is -0.407. The molecule has 2 aromatic rings. The van der Waals surface area contributed by atoms with Gasteiger partial charge in [-0.3, -0.25) is 4.90 Å². The molecule has 4 nitrogen and oxygen atoms in total. The fourth-order valence-corrected chi connectivity index (χ4v) is 3.34. The molecule has 0 saturated carbocycles. The highest BCUT2D eigenvalue weighted by Gasteiger charge is 2.40. The highest BCUT2D eigenvalue weighted by molar-refractivity contribution is 9.10. The van der Waals surface area contributed by atoms with Crippen molar-refractivity contribution in [3.8, 4) is 5.75 Å². The second kappa shape index (κ2) is 6.48. The SMILES string of the molecule is COc1cccc(C(C)(C)N2CCN(c3ccc(Br)cc3)C2=O)c1. The van der Waals surface area contributed by atoms with Crippen molar-refractivity contribution in [2.45, 2.75) is 19.4 Å². The van der Waals surface area contributed by atoms with Gasteiger partial charge in [-0.1, -0.05) is 28.1 Å². The minimum Gasteiger partial charge on any atom is -0.497 e. The molecular formula is C19H21BrN2O2. The van der Waals surface area contributed by atoms with Crippen molar-refractivity contribution >= 4 is 27.6 Å². The molecule has 1 fully saturated rings. The molecule has 0 N–H and O–H groups in total. The molecule has 0 radical (unpaired) electrons. The van der Waals surface area contributed by atoms with Crippen molar-refractivity contribution in [1.82, 2.24) is 4.90 Å². The van der Waals surface area contributed by atoms with Gasteiger partial charge in [0, 0.05) is 23.2 Å². The van der Waals surface area contributed by atoms with Gasteiger partial charge < -0.3 is 9.64 Å². The van der Waals surface area contributed by atoms with Gasteiger partial charge in [0.1, 0.15) is 5.75 Å². The summed E-state index contributed by atoms with van der Waals surface area (Å²) in [6, 6.07) is 15.8. The Labute approximate surface area is 151 Å². The molecule has 2 aromatic carbocycles. The van der Waals surface area contributed by atoms with Gasteiger partial charge in [0.15, 0.2) is 0 Å². The summed E-state index contributed by atoms with van der Waals surface area (Å²) in [5, 5.41) is 0. The first kappa shape index (κ1) is 16.8. The van der Waals surface area contributed by atoms with Crippen LogP contribution in [0, 0.1) is 0 Å². The normalized spacial score (nSPS) is 15.1. The molecule has 0 aliphatic carbocycles. The fourth-order valence-electron chi connectivity index (χ4n) is 3.08. The van der Waals surface area contributed by atoms with Crippen molar-refractivity contribution < 1.29 is 9.53 Å². The zero-order valence-electron chi connectivity index (χ0n) is 14.1. The zero-order valence-corrected chi connectivity index (χ0v) is 15.7. The third kappa shape index (κ3) is 3.00. The minimum absolute atomic E-state index is 0.0325. The Kier molecular flexibility index (Phi) is 4.54. The first-order valence-electron chi connectivity index (χ1n) is 7.93. The van der Waals surface area contributed by atoms with Crippen LogP contribution in [0.3, 0.4) is 0 Å². The smallest absolute Gasteiger partial charge is 0.325 e. The summed E-state index contributed by atoms with van der Waals surface area (Å²) in [6.07, 6.45) is 0. The molecule has 0 bridgehead atoms. The van der Waals surface area contributed by atoms with E-state index in [4.69, 9.17) is 4.74 Å². The number of urea groups is 1.